The standard InChI is InChI=1S/C24H23N3O3.ClH/c28-23-13-16(9-10-26-23)22-14-27(12-11-25-22)24(29)30-15-21-19-7-3-1-5-17(19)18-6-2-4-8-20(18)21;/h1-10,13,21-22,25H,11-12,14-15H2,(H,26,28);1H. The first-order chi connectivity index (χ1) is 14.7. The zero-order chi connectivity index (χ0) is 20.5. The Morgan fingerprint density at radius 3 is 2.39 bits per heavy atom. The zero-order valence-electron chi connectivity index (χ0n) is 16.9. The molecule has 1 aliphatic carbocycles. The summed E-state index contributed by atoms with van der Waals surface area (Å²) in [4.78, 5) is 28.8. The van der Waals surface area contributed by atoms with Crippen LogP contribution in [-0.2, 0) is 4.74 Å². The molecule has 3 aromatic rings. The highest BCUT2D eigenvalue weighted by Gasteiger charge is 2.31. The Kier molecular flexibility index (Phi) is 6.11. The lowest BCUT2D eigenvalue weighted by Gasteiger charge is -2.33. The van der Waals surface area contributed by atoms with Crippen molar-refractivity contribution in [1.82, 2.24) is 15.2 Å². The Bertz CT molecular complexity index is 1100. The number of carbonyl (C=O) groups is 1. The number of hydrogen-bond donors (Lipinski definition) is 2. The van der Waals surface area contributed by atoms with Crippen LogP contribution in [0.3, 0.4) is 0 Å². The van der Waals surface area contributed by atoms with Crippen molar-refractivity contribution < 1.29 is 9.53 Å². The number of hydrogen-bond acceptors (Lipinski definition) is 4. The molecule has 1 amide bonds. The molecule has 0 bridgehead atoms. The molecule has 2 aliphatic rings. The smallest absolute Gasteiger partial charge is 0.409 e. The van der Waals surface area contributed by atoms with E-state index in [-0.39, 0.29) is 36.0 Å². The van der Waals surface area contributed by atoms with Crippen molar-refractivity contribution in [2.45, 2.75) is 12.0 Å². The van der Waals surface area contributed by atoms with Crippen molar-refractivity contribution in [2.75, 3.05) is 26.2 Å². The molecule has 31 heavy (non-hydrogen) atoms. The molecule has 1 atom stereocenters. The fourth-order valence-electron chi connectivity index (χ4n) is 4.50. The van der Waals surface area contributed by atoms with Gasteiger partial charge in [0.2, 0.25) is 5.56 Å². The van der Waals surface area contributed by atoms with Gasteiger partial charge in [0.25, 0.3) is 0 Å². The predicted octanol–water partition coefficient (Wildman–Crippen LogP) is 3.69. The number of ether oxygens (including phenoxy) is 1. The fourth-order valence-corrected chi connectivity index (χ4v) is 4.50. The molecule has 2 heterocycles. The van der Waals surface area contributed by atoms with Gasteiger partial charge >= 0.3 is 6.09 Å². The average molecular weight is 438 g/mol. The molecular weight excluding hydrogens is 414 g/mol. The van der Waals surface area contributed by atoms with Gasteiger partial charge in [-0.05, 0) is 33.9 Å². The molecule has 1 saturated heterocycles. The van der Waals surface area contributed by atoms with E-state index < -0.39 is 0 Å². The number of carbonyl (C=O) groups excluding carboxylic acids is 1. The zero-order valence-corrected chi connectivity index (χ0v) is 17.7. The molecule has 0 radical (unpaired) electrons. The predicted molar refractivity (Wildman–Crippen MR) is 122 cm³/mol. The Hall–Kier alpha value is -3.09. The number of pyridine rings is 1. The van der Waals surface area contributed by atoms with Gasteiger partial charge in [-0.2, -0.15) is 0 Å². The van der Waals surface area contributed by atoms with Crippen LogP contribution in [0.2, 0.25) is 0 Å². The van der Waals surface area contributed by atoms with E-state index in [9.17, 15) is 9.59 Å². The molecule has 5 rings (SSSR count). The Morgan fingerprint density at radius 1 is 1.03 bits per heavy atom. The van der Waals surface area contributed by atoms with Crippen LogP contribution in [0.15, 0.2) is 71.7 Å². The molecule has 160 valence electrons. The van der Waals surface area contributed by atoms with E-state index in [2.05, 4.69) is 34.6 Å². The number of benzene rings is 2. The Morgan fingerprint density at radius 2 is 1.71 bits per heavy atom. The third-order valence-electron chi connectivity index (χ3n) is 5.97. The van der Waals surface area contributed by atoms with Gasteiger partial charge in [-0.25, -0.2) is 4.79 Å². The van der Waals surface area contributed by atoms with Crippen LogP contribution in [0.4, 0.5) is 4.79 Å². The second-order valence-corrected chi connectivity index (χ2v) is 7.74. The molecule has 1 aliphatic heterocycles. The minimum Gasteiger partial charge on any atom is -0.448 e. The third-order valence-corrected chi connectivity index (χ3v) is 5.97. The van der Waals surface area contributed by atoms with E-state index in [1.165, 1.54) is 22.3 Å². The highest BCUT2D eigenvalue weighted by atomic mass is 35.5. The molecule has 1 aromatic heterocycles. The highest BCUT2D eigenvalue weighted by Crippen LogP contribution is 2.44. The number of aromatic nitrogens is 1. The van der Waals surface area contributed by atoms with Crippen molar-refractivity contribution in [3.05, 3.63) is 93.9 Å². The van der Waals surface area contributed by atoms with Crippen molar-refractivity contribution >= 4 is 18.5 Å². The van der Waals surface area contributed by atoms with Crippen molar-refractivity contribution in [3.63, 3.8) is 0 Å². The maximum atomic E-state index is 12.8. The summed E-state index contributed by atoms with van der Waals surface area (Å²) in [6.07, 6.45) is 1.32. The molecule has 2 N–H and O–H groups in total. The number of rotatable bonds is 3. The largest absolute Gasteiger partial charge is 0.448 e. The molecule has 1 unspecified atom stereocenters. The highest BCUT2D eigenvalue weighted by molar-refractivity contribution is 5.85. The summed E-state index contributed by atoms with van der Waals surface area (Å²) in [5.41, 5.74) is 5.56. The van der Waals surface area contributed by atoms with E-state index >= 15 is 0 Å². The van der Waals surface area contributed by atoms with Gasteiger partial charge < -0.3 is 19.9 Å². The number of nitrogens with one attached hydrogen (secondary N) is 2. The number of amides is 1. The second-order valence-electron chi connectivity index (χ2n) is 7.74. The van der Waals surface area contributed by atoms with Crippen molar-refractivity contribution in [1.29, 1.82) is 0 Å². The second kappa shape index (κ2) is 8.96. The monoisotopic (exact) mass is 437 g/mol. The molecule has 7 heteroatoms. The number of H-pyrrole nitrogens is 1. The van der Waals surface area contributed by atoms with Gasteiger partial charge in [0.05, 0.1) is 6.04 Å². The van der Waals surface area contributed by atoms with Crippen LogP contribution in [0.5, 0.6) is 0 Å². The summed E-state index contributed by atoms with van der Waals surface area (Å²) in [6, 6.07) is 20.0. The molecular formula is C24H24ClN3O3. The molecule has 0 spiro atoms. The van der Waals surface area contributed by atoms with Crippen molar-refractivity contribution in [3.8, 4) is 11.1 Å². The molecule has 2 aromatic carbocycles. The summed E-state index contributed by atoms with van der Waals surface area (Å²) < 4.78 is 5.78. The number of halogens is 1. The van der Waals surface area contributed by atoms with Gasteiger partial charge in [-0.15, -0.1) is 12.4 Å². The van der Waals surface area contributed by atoms with E-state index in [1.807, 2.05) is 30.3 Å². The first-order valence-electron chi connectivity index (χ1n) is 10.2. The third kappa shape index (κ3) is 4.09. The van der Waals surface area contributed by atoms with Crippen LogP contribution in [0.1, 0.15) is 28.7 Å². The quantitative estimate of drug-likeness (QED) is 0.655. The number of nitrogens with zero attached hydrogens (tertiary/aromatic N) is 1. The maximum absolute atomic E-state index is 12.8. The van der Waals surface area contributed by atoms with Crippen LogP contribution >= 0.6 is 12.4 Å². The minimum atomic E-state index is -0.312. The van der Waals surface area contributed by atoms with E-state index in [4.69, 9.17) is 4.74 Å². The van der Waals surface area contributed by atoms with Crippen LogP contribution < -0.4 is 10.9 Å². The van der Waals surface area contributed by atoms with Gasteiger partial charge in [0.1, 0.15) is 6.61 Å². The summed E-state index contributed by atoms with van der Waals surface area (Å²) in [5.74, 6) is 0.0488. The number of piperazine rings is 1. The Labute approximate surface area is 186 Å². The van der Waals surface area contributed by atoms with Crippen molar-refractivity contribution in [2.24, 2.45) is 0 Å². The van der Waals surface area contributed by atoms with Gasteiger partial charge in [0.15, 0.2) is 0 Å². The number of fused-ring (bicyclic) bond motifs is 3. The molecule has 6 nitrogen and oxygen atoms in total. The van der Waals surface area contributed by atoms with E-state index in [1.54, 1.807) is 17.2 Å². The lowest BCUT2D eigenvalue weighted by Crippen LogP contribution is -2.48. The van der Waals surface area contributed by atoms with Crippen LogP contribution in [0, 0.1) is 0 Å². The topological polar surface area (TPSA) is 74.4 Å². The van der Waals surface area contributed by atoms with E-state index in [0.717, 1.165) is 5.56 Å². The summed E-state index contributed by atoms with van der Waals surface area (Å²) in [7, 11) is 0. The minimum absolute atomic E-state index is 0. The maximum Gasteiger partial charge on any atom is 0.409 e. The van der Waals surface area contributed by atoms with Gasteiger partial charge in [-0.1, -0.05) is 48.5 Å². The Balaban J connectivity index is 0.00000231. The van der Waals surface area contributed by atoms with Gasteiger partial charge in [-0.3, -0.25) is 4.79 Å². The summed E-state index contributed by atoms with van der Waals surface area (Å²) in [5, 5.41) is 3.37. The fraction of sp³-hybridized carbons (Fsp3) is 0.250. The first kappa shape index (κ1) is 21.2. The van der Waals surface area contributed by atoms with Crippen LogP contribution in [0.25, 0.3) is 11.1 Å². The van der Waals surface area contributed by atoms with Gasteiger partial charge in [0, 0.05) is 37.8 Å². The molecule has 1 fully saturated rings. The normalized spacial score (nSPS) is 17.4. The first-order valence-corrected chi connectivity index (χ1v) is 10.2. The lowest BCUT2D eigenvalue weighted by molar-refractivity contribution is 0.0883. The summed E-state index contributed by atoms with van der Waals surface area (Å²) >= 11 is 0. The number of aromatic amines is 1. The SMILES string of the molecule is Cl.O=C(OCC1c2ccccc2-c2ccccc21)N1CCNC(c2cc[nH]c(=O)c2)C1. The summed E-state index contributed by atoms with van der Waals surface area (Å²) in [6.45, 7) is 2.02. The molecule has 0 saturated carbocycles. The average Bonchev–Trinajstić information content (AvgIpc) is 3.11. The lowest BCUT2D eigenvalue weighted by atomic mass is 9.98. The van der Waals surface area contributed by atoms with Crippen LogP contribution in [-0.4, -0.2) is 42.2 Å². The van der Waals surface area contributed by atoms with E-state index in [0.29, 0.717) is 26.2 Å².